The third-order valence-electron chi connectivity index (χ3n) is 2.04. The number of hydrogen-bond acceptors (Lipinski definition) is 1. The molecule has 0 unspecified atom stereocenters. The molecule has 0 aromatic carbocycles. The monoisotopic (exact) mass is 109 g/mol. The molecule has 2 rings (SSSR count). The van der Waals surface area contributed by atoms with E-state index in [0.29, 0.717) is 0 Å². The van der Waals surface area contributed by atoms with E-state index in [9.17, 15) is 0 Å². The topological polar surface area (TPSA) is 12.0 Å². The van der Waals surface area contributed by atoms with E-state index in [1.165, 1.54) is 31.4 Å². The van der Waals surface area contributed by atoms with Crippen LogP contribution in [0.15, 0.2) is 11.8 Å². The van der Waals surface area contributed by atoms with Crippen LogP contribution in [0.3, 0.4) is 0 Å². The van der Waals surface area contributed by atoms with Gasteiger partial charge in [0, 0.05) is 11.7 Å². The summed E-state index contributed by atoms with van der Waals surface area (Å²) in [5, 5.41) is 3.45. The minimum atomic E-state index is 0.818. The molecule has 2 aliphatic heterocycles. The number of rotatable bonds is 0. The largest absolute Gasteiger partial charge is 0.386 e. The maximum atomic E-state index is 3.45. The van der Waals surface area contributed by atoms with Crippen molar-refractivity contribution in [2.75, 3.05) is 0 Å². The molecule has 0 radical (unpaired) electrons. The second-order valence-electron chi connectivity index (χ2n) is 2.70. The lowest BCUT2D eigenvalue weighted by molar-refractivity contribution is 0.488. The van der Waals surface area contributed by atoms with E-state index in [1.54, 1.807) is 0 Å². The third-order valence-corrected chi connectivity index (χ3v) is 2.04. The van der Waals surface area contributed by atoms with Crippen LogP contribution in [0.4, 0.5) is 0 Å². The zero-order valence-electron chi connectivity index (χ0n) is 4.98. The second kappa shape index (κ2) is 1.51. The normalized spacial score (nSPS) is 34.0. The van der Waals surface area contributed by atoms with Crippen molar-refractivity contribution >= 4 is 0 Å². The molecule has 0 amide bonds. The van der Waals surface area contributed by atoms with Crippen LogP contribution in [-0.2, 0) is 0 Å². The summed E-state index contributed by atoms with van der Waals surface area (Å²) in [5.74, 6) is 0. The Morgan fingerprint density at radius 3 is 3.38 bits per heavy atom. The SMILES string of the molecule is C1=C2CCC[C@@H](C1)N2. The van der Waals surface area contributed by atoms with Crippen molar-refractivity contribution in [1.29, 1.82) is 0 Å². The quantitative estimate of drug-likeness (QED) is 0.496. The van der Waals surface area contributed by atoms with Gasteiger partial charge in [0.15, 0.2) is 0 Å². The lowest BCUT2D eigenvalue weighted by Crippen LogP contribution is -2.26. The number of allylic oxidation sites excluding steroid dienone is 1. The number of fused-ring (bicyclic) bond motifs is 2. The zero-order valence-corrected chi connectivity index (χ0v) is 4.98. The van der Waals surface area contributed by atoms with Crippen LogP contribution in [0.5, 0.6) is 0 Å². The van der Waals surface area contributed by atoms with E-state index in [4.69, 9.17) is 0 Å². The fourth-order valence-corrected chi connectivity index (χ4v) is 1.57. The first-order valence-electron chi connectivity index (χ1n) is 3.41. The second-order valence-corrected chi connectivity index (χ2v) is 2.70. The number of hydrogen-bond donors (Lipinski definition) is 1. The molecule has 8 heavy (non-hydrogen) atoms. The highest BCUT2D eigenvalue weighted by Gasteiger charge is 2.19. The Balaban J connectivity index is 2.15. The molecule has 1 atom stereocenters. The maximum absolute atomic E-state index is 3.45. The van der Waals surface area contributed by atoms with E-state index < -0.39 is 0 Å². The van der Waals surface area contributed by atoms with Crippen LogP contribution in [-0.4, -0.2) is 6.04 Å². The molecule has 0 aliphatic carbocycles. The Morgan fingerprint density at radius 2 is 2.62 bits per heavy atom. The summed E-state index contributed by atoms with van der Waals surface area (Å²) in [6, 6.07) is 0.818. The number of piperidine rings is 1. The van der Waals surface area contributed by atoms with Crippen LogP contribution in [0, 0.1) is 0 Å². The molecule has 1 fully saturated rings. The molecule has 0 aromatic heterocycles. The van der Waals surface area contributed by atoms with Gasteiger partial charge >= 0.3 is 0 Å². The zero-order chi connectivity index (χ0) is 5.40. The molecule has 1 saturated heterocycles. The Labute approximate surface area is 49.8 Å². The van der Waals surface area contributed by atoms with Gasteiger partial charge in [-0.05, 0) is 25.7 Å². The molecule has 0 spiro atoms. The molecule has 0 saturated carbocycles. The Morgan fingerprint density at radius 1 is 1.62 bits per heavy atom. The van der Waals surface area contributed by atoms with E-state index in [1.807, 2.05) is 0 Å². The van der Waals surface area contributed by atoms with Gasteiger partial charge in [-0.15, -0.1) is 0 Å². The van der Waals surface area contributed by atoms with Gasteiger partial charge < -0.3 is 5.32 Å². The highest BCUT2D eigenvalue weighted by atomic mass is 15.0. The van der Waals surface area contributed by atoms with Crippen LogP contribution in [0.25, 0.3) is 0 Å². The maximum Gasteiger partial charge on any atom is 0.0293 e. The summed E-state index contributed by atoms with van der Waals surface area (Å²) in [6.45, 7) is 0. The minimum absolute atomic E-state index is 0.818. The molecule has 2 aliphatic rings. The van der Waals surface area contributed by atoms with E-state index >= 15 is 0 Å². The Bertz CT molecular complexity index is 126. The molecule has 1 nitrogen and oxygen atoms in total. The highest BCUT2D eigenvalue weighted by molar-refractivity contribution is 5.12. The van der Waals surface area contributed by atoms with E-state index in [-0.39, 0.29) is 0 Å². The molecular weight excluding hydrogens is 98.1 g/mol. The first kappa shape index (κ1) is 4.42. The van der Waals surface area contributed by atoms with Gasteiger partial charge in [0.1, 0.15) is 0 Å². The van der Waals surface area contributed by atoms with Gasteiger partial charge in [0.05, 0.1) is 0 Å². The molecule has 44 valence electrons. The number of nitrogens with one attached hydrogen (secondary N) is 1. The van der Waals surface area contributed by atoms with Crippen molar-refractivity contribution in [1.82, 2.24) is 5.32 Å². The molecular formula is C7H11N. The fraction of sp³-hybridized carbons (Fsp3) is 0.714. The lowest BCUT2D eigenvalue weighted by Gasteiger charge is -2.18. The standard InChI is InChI=1S/C7H11N/c1-2-6-4-5-7(3-1)8-6/h4,7-8H,1-3,5H2/t7-/m0/s1. The van der Waals surface area contributed by atoms with Gasteiger partial charge in [-0.1, -0.05) is 6.08 Å². The average molecular weight is 109 g/mol. The summed E-state index contributed by atoms with van der Waals surface area (Å²) in [4.78, 5) is 0. The van der Waals surface area contributed by atoms with Crippen molar-refractivity contribution in [3.63, 3.8) is 0 Å². The summed E-state index contributed by atoms with van der Waals surface area (Å²) in [5.41, 5.74) is 1.50. The van der Waals surface area contributed by atoms with Crippen molar-refractivity contribution in [2.24, 2.45) is 0 Å². The first-order chi connectivity index (χ1) is 3.95. The van der Waals surface area contributed by atoms with Gasteiger partial charge in [0.2, 0.25) is 0 Å². The molecule has 0 aromatic rings. The van der Waals surface area contributed by atoms with E-state index in [2.05, 4.69) is 11.4 Å². The van der Waals surface area contributed by atoms with Crippen molar-refractivity contribution < 1.29 is 0 Å². The van der Waals surface area contributed by atoms with Crippen molar-refractivity contribution in [2.45, 2.75) is 31.7 Å². The summed E-state index contributed by atoms with van der Waals surface area (Å²) < 4.78 is 0. The third kappa shape index (κ3) is 0.540. The van der Waals surface area contributed by atoms with Crippen LogP contribution < -0.4 is 5.32 Å². The van der Waals surface area contributed by atoms with Crippen molar-refractivity contribution in [3.05, 3.63) is 11.8 Å². The summed E-state index contributed by atoms with van der Waals surface area (Å²) in [6.07, 6.45) is 7.73. The van der Waals surface area contributed by atoms with Gasteiger partial charge in [-0.2, -0.15) is 0 Å². The highest BCUT2D eigenvalue weighted by Crippen LogP contribution is 2.23. The summed E-state index contributed by atoms with van der Waals surface area (Å²) >= 11 is 0. The van der Waals surface area contributed by atoms with Crippen LogP contribution in [0.2, 0.25) is 0 Å². The van der Waals surface area contributed by atoms with Crippen LogP contribution in [0.1, 0.15) is 25.7 Å². The van der Waals surface area contributed by atoms with Gasteiger partial charge in [-0.3, -0.25) is 0 Å². The summed E-state index contributed by atoms with van der Waals surface area (Å²) in [7, 11) is 0. The lowest BCUT2D eigenvalue weighted by atomic mass is 10.1. The first-order valence-corrected chi connectivity index (χ1v) is 3.41. The fourth-order valence-electron chi connectivity index (χ4n) is 1.57. The average Bonchev–Trinajstić information content (AvgIpc) is 2.12. The predicted molar refractivity (Wildman–Crippen MR) is 33.5 cm³/mol. The minimum Gasteiger partial charge on any atom is -0.386 e. The molecule has 1 heteroatoms. The Kier molecular flexibility index (Phi) is 0.833. The van der Waals surface area contributed by atoms with Crippen molar-refractivity contribution in [3.8, 4) is 0 Å². The molecule has 2 heterocycles. The molecule has 1 N–H and O–H groups in total. The van der Waals surface area contributed by atoms with Crippen LogP contribution >= 0.6 is 0 Å². The predicted octanol–water partition coefficient (Wildman–Crippen LogP) is 1.42. The Hall–Kier alpha value is -0.460. The van der Waals surface area contributed by atoms with Gasteiger partial charge in [0.25, 0.3) is 0 Å². The molecule has 2 bridgehead atoms. The van der Waals surface area contributed by atoms with Gasteiger partial charge in [-0.25, -0.2) is 0 Å². The van der Waals surface area contributed by atoms with E-state index in [0.717, 1.165) is 6.04 Å². The smallest absolute Gasteiger partial charge is 0.0293 e.